The number of phenols is 1. The van der Waals surface area contributed by atoms with Crippen LogP contribution in [0.25, 0.3) is 11.0 Å². The molecule has 1 aromatic heterocycles. The number of carbonyl (C=O) groups is 1. The van der Waals surface area contributed by atoms with Gasteiger partial charge in [0.05, 0.1) is 17.0 Å². The number of aromatic hydroxyl groups is 1. The van der Waals surface area contributed by atoms with Gasteiger partial charge in [0.25, 0.3) is 5.91 Å². The number of methoxy groups -OCH3 is 1. The molecule has 0 saturated heterocycles. The highest BCUT2D eigenvalue weighted by atomic mass is 16.5. The van der Waals surface area contributed by atoms with Crippen molar-refractivity contribution >= 4 is 16.9 Å². The standard InChI is InChI=1S/C23H23NO5/c1-13-10-14(2)18-17(11-13)29-22-19(21(18)26)20(15-6-4-7-16(25)12-15)24(23(22)27)8-5-9-28-3/h4,6-7,10-12,20,25H,5,8-9H2,1-3H3. The first kappa shape index (κ1) is 19.2. The largest absolute Gasteiger partial charge is 0.508 e. The van der Waals surface area contributed by atoms with Crippen LogP contribution in [-0.4, -0.2) is 36.2 Å². The molecule has 6 heteroatoms. The molecule has 1 amide bonds. The van der Waals surface area contributed by atoms with E-state index in [1.165, 1.54) is 0 Å². The summed E-state index contributed by atoms with van der Waals surface area (Å²) in [6, 6.07) is 9.77. The Balaban J connectivity index is 1.96. The Labute approximate surface area is 168 Å². The van der Waals surface area contributed by atoms with Gasteiger partial charge < -0.3 is 19.2 Å². The SMILES string of the molecule is COCCCN1C(=O)c2oc3cc(C)cc(C)c3c(=O)c2C1c1cccc(O)c1. The van der Waals surface area contributed by atoms with Crippen molar-refractivity contribution in [1.82, 2.24) is 4.90 Å². The number of rotatable bonds is 5. The average molecular weight is 393 g/mol. The molecule has 0 radical (unpaired) electrons. The van der Waals surface area contributed by atoms with Gasteiger partial charge in [-0.15, -0.1) is 0 Å². The van der Waals surface area contributed by atoms with Crippen molar-refractivity contribution in [3.05, 3.63) is 74.6 Å². The van der Waals surface area contributed by atoms with Crippen molar-refractivity contribution < 1.29 is 19.1 Å². The van der Waals surface area contributed by atoms with Crippen LogP contribution in [0.4, 0.5) is 0 Å². The van der Waals surface area contributed by atoms with Crippen molar-refractivity contribution in [2.24, 2.45) is 0 Å². The molecule has 1 aliphatic heterocycles. The van der Waals surface area contributed by atoms with Crippen LogP contribution >= 0.6 is 0 Å². The summed E-state index contributed by atoms with van der Waals surface area (Å²) in [5, 5.41) is 10.5. The van der Waals surface area contributed by atoms with E-state index in [1.807, 2.05) is 26.0 Å². The van der Waals surface area contributed by atoms with Gasteiger partial charge in [0.1, 0.15) is 11.3 Å². The Kier molecular flexibility index (Phi) is 4.88. The number of aryl methyl sites for hydroxylation is 2. The van der Waals surface area contributed by atoms with Gasteiger partial charge in [-0.05, 0) is 55.2 Å². The lowest BCUT2D eigenvalue weighted by Gasteiger charge is -2.25. The fraction of sp³-hybridized carbons (Fsp3) is 0.304. The van der Waals surface area contributed by atoms with E-state index >= 15 is 0 Å². The fourth-order valence-corrected chi connectivity index (χ4v) is 4.16. The molecule has 29 heavy (non-hydrogen) atoms. The summed E-state index contributed by atoms with van der Waals surface area (Å²) in [6.07, 6.45) is 0.622. The zero-order valence-electron chi connectivity index (χ0n) is 16.7. The highest BCUT2D eigenvalue weighted by Gasteiger charge is 2.42. The van der Waals surface area contributed by atoms with Crippen LogP contribution in [0.2, 0.25) is 0 Å². The van der Waals surface area contributed by atoms with E-state index in [-0.39, 0.29) is 22.8 Å². The first-order valence-electron chi connectivity index (χ1n) is 9.59. The van der Waals surface area contributed by atoms with Crippen LogP contribution in [-0.2, 0) is 4.74 Å². The number of ether oxygens (including phenoxy) is 1. The van der Waals surface area contributed by atoms with E-state index in [0.29, 0.717) is 41.7 Å². The normalized spacial score (nSPS) is 15.9. The van der Waals surface area contributed by atoms with Gasteiger partial charge in [0.2, 0.25) is 5.76 Å². The van der Waals surface area contributed by atoms with E-state index < -0.39 is 6.04 Å². The van der Waals surface area contributed by atoms with Crippen molar-refractivity contribution in [2.75, 3.05) is 20.3 Å². The number of hydrogen-bond acceptors (Lipinski definition) is 5. The molecule has 0 bridgehead atoms. The molecule has 0 fully saturated rings. The molecule has 1 atom stereocenters. The summed E-state index contributed by atoms with van der Waals surface area (Å²) >= 11 is 0. The molecule has 2 aromatic carbocycles. The Morgan fingerprint density at radius 1 is 1.17 bits per heavy atom. The molecular weight excluding hydrogens is 370 g/mol. The average Bonchev–Trinajstić information content (AvgIpc) is 2.94. The van der Waals surface area contributed by atoms with E-state index in [9.17, 15) is 14.7 Å². The maximum absolute atomic E-state index is 13.5. The monoisotopic (exact) mass is 393 g/mol. The lowest BCUT2D eigenvalue weighted by Crippen LogP contribution is -2.31. The number of phenolic OH excluding ortho intramolecular Hbond substituents is 1. The Morgan fingerprint density at radius 3 is 2.69 bits per heavy atom. The van der Waals surface area contributed by atoms with Gasteiger partial charge in [0, 0.05) is 20.3 Å². The fourth-order valence-electron chi connectivity index (χ4n) is 4.16. The minimum absolute atomic E-state index is 0.0808. The molecule has 150 valence electrons. The van der Waals surface area contributed by atoms with Crippen molar-refractivity contribution in [3.63, 3.8) is 0 Å². The van der Waals surface area contributed by atoms with E-state index in [2.05, 4.69) is 0 Å². The van der Waals surface area contributed by atoms with Crippen LogP contribution in [0.3, 0.4) is 0 Å². The van der Waals surface area contributed by atoms with Crippen LogP contribution in [0.5, 0.6) is 5.75 Å². The number of amides is 1. The zero-order chi connectivity index (χ0) is 20.7. The summed E-state index contributed by atoms with van der Waals surface area (Å²) in [5.74, 6) is -0.155. The smallest absolute Gasteiger partial charge is 0.290 e. The van der Waals surface area contributed by atoms with Gasteiger partial charge >= 0.3 is 0 Å². The van der Waals surface area contributed by atoms with Crippen LogP contribution < -0.4 is 5.43 Å². The van der Waals surface area contributed by atoms with E-state index in [1.54, 1.807) is 36.3 Å². The second-order valence-corrected chi connectivity index (χ2v) is 7.47. The molecule has 1 unspecified atom stereocenters. The third-order valence-electron chi connectivity index (χ3n) is 5.35. The molecule has 4 rings (SSSR count). The summed E-state index contributed by atoms with van der Waals surface area (Å²) in [6.45, 7) is 4.70. The highest BCUT2D eigenvalue weighted by molar-refractivity contribution is 5.99. The molecule has 6 nitrogen and oxygen atoms in total. The lowest BCUT2D eigenvalue weighted by atomic mass is 9.96. The molecule has 2 heterocycles. The summed E-state index contributed by atoms with van der Waals surface area (Å²) in [4.78, 5) is 28.4. The predicted octanol–water partition coefficient (Wildman–Crippen LogP) is 3.70. The number of benzene rings is 2. The predicted molar refractivity (Wildman–Crippen MR) is 109 cm³/mol. The van der Waals surface area contributed by atoms with Crippen LogP contribution in [0, 0.1) is 13.8 Å². The Bertz CT molecular complexity index is 1160. The maximum Gasteiger partial charge on any atom is 0.290 e. The highest BCUT2D eigenvalue weighted by Crippen LogP contribution is 2.39. The van der Waals surface area contributed by atoms with Crippen molar-refractivity contribution in [3.8, 4) is 5.75 Å². The summed E-state index contributed by atoms with van der Waals surface area (Å²) in [7, 11) is 1.61. The van der Waals surface area contributed by atoms with Crippen molar-refractivity contribution in [1.29, 1.82) is 0 Å². The quantitative estimate of drug-likeness (QED) is 0.669. The molecular formula is C23H23NO5. The number of nitrogens with zero attached hydrogens (tertiary/aromatic N) is 1. The van der Waals surface area contributed by atoms with Gasteiger partial charge in [0.15, 0.2) is 5.43 Å². The number of fused-ring (bicyclic) bond motifs is 2. The van der Waals surface area contributed by atoms with E-state index in [4.69, 9.17) is 9.15 Å². The topological polar surface area (TPSA) is 80.0 Å². The number of hydrogen-bond donors (Lipinski definition) is 1. The minimum Gasteiger partial charge on any atom is -0.508 e. The molecule has 3 aromatic rings. The lowest BCUT2D eigenvalue weighted by molar-refractivity contribution is 0.0707. The molecule has 1 N–H and O–H groups in total. The number of carbonyl (C=O) groups excluding carboxylic acids is 1. The third-order valence-corrected chi connectivity index (χ3v) is 5.35. The molecule has 0 spiro atoms. The maximum atomic E-state index is 13.5. The summed E-state index contributed by atoms with van der Waals surface area (Å²) < 4.78 is 11.1. The van der Waals surface area contributed by atoms with Gasteiger partial charge in [-0.25, -0.2) is 0 Å². The second kappa shape index (κ2) is 7.37. The van der Waals surface area contributed by atoms with Crippen LogP contribution in [0.15, 0.2) is 45.6 Å². The van der Waals surface area contributed by atoms with Crippen LogP contribution in [0.1, 0.15) is 45.3 Å². The van der Waals surface area contributed by atoms with Gasteiger partial charge in [-0.2, -0.15) is 0 Å². The van der Waals surface area contributed by atoms with Crippen molar-refractivity contribution in [2.45, 2.75) is 26.3 Å². The second-order valence-electron chi connectivity index (χ2n) is 7.47. The Hall–Kier alpha value is -3.12. The Morgan fingerprint density at radius 2 is 1.97 bits per heavy atom. The van der Waals surface area contributed by atoms with Gasteiger partial charge in [-0.1, -0.05) is 18.2 Å². The first-order valence-corrected chi connectivity index (χ1v) is 9.59. The molecule has 0 aliphatic carbocycles. The van der Waals surface area contributed by atoms with E-state index in [0.717, 1.165) is 11.1 Å². The third kappa shape index (κ3) is 3.19. The minimum atomic E-state index is -0.609. The molecule has 0 saturated carbocycles. The first-order chi connectivity index (χ1) is 13.9. The molecule has 1 aliphatic rings. The zero-order valence-corrected chi connectivity index (χ0v) is 16.7. The summed E-state index contributed by atoms with van der Waals surface area (Å²) in [5.41, 5.74) is 3.01. The van der Waals surface area contributed by atoms with Gasteiger partial charge in [-0.3, -0.25) is 9.59 Å².